The van der Waals surface area contributed by atoms with Crippen LogP contribution < -0.4 is 9.47 Å². The molecule has 0 unspecified atom stereocenters. The van der Waals surface area contributed by atoms with Crippen molar-refractivity contribution in [1.29, 1.82) is 0 Å². The summed E-state index contributed by atoms with van der Waals surface area (Å²) >= 11 is 0. The molecule has 3 aliphatic rings. The highest BCUT2D eigenvalue weighted by atomic mass is 16.6. The van der Waals surface area contributed by atoms with E-state index in [1.54, 1.807) is 24.5 Å². The number of aromatic nitrogens is 2. The number of piperidine rings is 3. The fourth-order valence-electron chi connectivity index (χ4n) is 4.40. The lowest BCUT2D eigenvalue weighted by Gasteiger charge is -2.43. The number of nitrogens with zero attached hydrogens (tertiary/aromatic N) is 4. The van der Waals surface area contributed by atoms with Gasteiger partial charge in [-0.15, -0.1) is 0 Å². The third-order valence-electron chi connectivity index (χ3n) is 6.21. The van der Waals surface area contributed by atoms with Gasteiger partial charge in [0.25, 0.3) is 0 Å². The molecule has 0 amide bonds. The lowest BCUT2D eigenvalue weighted by atomic mass is 9.86. The van der Waals surface area contributed by atoms with Gasteiger partial charge in [0.2, 0.25) is 0 Å². The van der Waals surface area contributed by atoms with Gasteiger partial charge in [-0.3, -0.25) is 15.0 Å². The number of benzene rings is 2. The van der Waals surface area contributed by atoms with Crippen LogP contribution in [0.3, 0.4) is 0 Å². The van der Waals surface area contributed by atoms with Gasteiger partial charge < -0.3 is 9.47 Å². The van der Waals surface area contributed by atoms with Crippen molar-refractivity contribution in [2.45, 2.75) is 25.6 Å². The predicted molar refractivity (Wildman–Crippen MR) is 118 cm³/mol. The maximum absolute atomic E-state index is 11.6. The van der Waals surface area contributed by atoms with Crippen molar-refractivity contribution >= 4 is 5.69 Å². The van der Waals surface area contributed by atoms with E-state index in [9.17, 15) is 10.1 Å². The molecule has 32 heavy (non-hydrogen) atoms. The van der Waals surface area contributed by atoms with Gasteiger partial charge in [0.05, 0.1) is 4.92 Å². The second-order valence-corrected chi connectivity index (χ2v) is 8.26. The summed E-state index contributed by atoms with van der Waals surface area (Å²) in [6, 6.07) is 14.8. The molecule has 8 heteroatoms. The summed E-state index contributed by atoms with van der Waals surface area (Å²) in [4.78, 5) is 22.3. The largest absolute Gasteiger partial charge is 0.482 e. The fraction of sp³-hybridized carbons (Fsp3) is 0.333. The van der Waals surface area contributed by atoms with E-state index in [1.165, 1.54) is 6.07 Å². The van der Waals surface area contributed by atoms with E-state index in [0.29, 0.717) is 23.1 Å². The van der Waals surface area contributed by atoms with Crippen LogP contribution in [0.4, 0.5) is 5.69 Å². The van der Waals surface area contributed by atoms with E-state index in [0.717, 1.165) is 38.0 Å². The fourth-order valence-corrected chi connectivity index (χ4v) is 4.40. The van der Waals surface area contributed by atoms with E-state index < -0.39 is 4.92 Å². The molecule has 8 nitrogen and oxygen atoms in total. The van der Waals surface area contributed by atoms with Crippen LogP contribution >= 0.6 is 0 Å². The number of hydrogen-bond donors (Lipinski definition) is 0. The third kappa shape index (κ3) is 4.40. The standard InChI is InChI=1S/C24H24N4O4/c29-28(30)21-12-19(6-7-22(21)31-16-17-4-2-1-3-5-17)20-13-25-24(26-14-20)32-23-15-27-10-8-18(23)9-11-27/h1-7,12-14,18,23H,8-11,15-16H2/t23-/m0/s1. The first-order chi connectivity index (χ1) is 15.7. The average molecular weight is 432 g/mol. The van der Waals surface area contributed by atoms with Gasteiger partial charge >= 0.3 is 11.7 Å². The summed E-state index contributed by atoms with van der Waals surface area (Å²) in [6.45, 7) is 3.48. The Morgan fingerprint density at radius 2 is 1.78 bits per heavy atom. The monoisotopic (exact) mass is 432 g/mol. The molecule has 4 heterocycles. The van der Waals surface area contributed by atoms with Crippen molar-refractivity contribution in [3.05, 3.63) is 76.6 Å². The molecule has 0 N–H and O–H groups in total. The summed E-state index contributed by atoms with van der Waals surface area (Å²) in [5, 5.41) is 11.6. The van der Waals surface area contributed by atoms with E-state index in [2.05, 4.69) is 14.9 Å². The second-order valence-electron chi connectivity index (χ2n) is 8.26. The molecular formula is C24H24N4O4. The maximum Gasteiger partial charge on any atom is 0.316 e. The molecule has 2 bridgehead atoms. The Kier molecular flexibility index (Phi) is 5.68. The average Bonchev–Trinajstić information content (AvgIpc) is 2.84. The second kappa shape index (κ2) is 8.92. The zero-order chi connectivity index (χ0) is 21.9. The molecule has 0 saturated carbocycles. The SMILES string of the molecule is O=[N+]([O-])c1cc(-c2cnc(O[C@H]3CN4CCC3CC4)nc2)ccc1OCc1ccccc1. The number of fused-ring (bicyclic) bond motifs is 3. The Hall–Kier alpha value is -3.52. The number of ether oxygens (including phenoxy) is 2. The van der Waals surface area contributed by atoms with Crippen molar-refractivity contribution in [2.24, 2.45) is 5.92 Å². The van der Waals surface area contributed by atoms with E-state index >= 15 is 0 Å². The molecule has 3 saturated heterocycles. The van der Waals surface area contributed by atoms with Crippen LogP contribution in [-0.2, 0) is 6.61 Å². The van der Waals surface area contributed by atoms with Crippen molar-refractivity contribution in [1.82, 2.24) is 14.9 Å². The molecule has 164 valence electrons. The molecule has 0 aliphatic carbocycles. The first-order valence-electron chi connectivity index (χ1n) is 10.8. The lowest BCUT2D eigenvalue weighted by molar-refractivity contribution is -0.385. The van der Waals surface area contributed by atoms with E-state index in [-0.39, 0.29) is 24.1 Å². The van der Waals surface area contributed by atoms with Crippen LogP contribution in [0, 0.1) is 16.0 Å². The van der Waals surface area contributed by atoms with E-state index in [1.807, 2.05) is 30.3 Å². The van der Waals surface area contributed by atoms with Crippen LogP contribution in [0.25, 0.3) is 11.1 Å². The minimum Gasteiger partial charge on any atom is -0.482 e. The molecule has 3 aliphatic heterocycles. The first-order valence-corrected chi connectivity index (χ1v) is 10.8. The molecule has 3 fully saturated rings. The number of nitro groups is 1. The minimum absolute atomic E-state index is 0.0916. The van der Waals surface area contributed by atoms with Crippen LogP contribution in [-0.4, -0.2) is 45.5 Å². The van der Waals surface area contributed by atoms with Gasteiger partial charge in [-0.1, -0.05) is 36.4 Å². The summed E-state index contributed by atoms with van der Waals surface area (Å²) in [5.74, 6) is 0.792. The molecule has 2 aromatic carbocycles. The highest BCUT2D eigenvalue weighted by Crippen LogP contribution is 2.33. The van der Waals surface area contributed by atoms with Gasteiger partial charge in [-0.05, 0) is 49.0 Å². The Balaban J connectivity index is 1.29. The van der Waals surface area contributed by atoms with E-state index in [4.69, 9.17) is 9.47 Å². The Labute approximate surface area is 186 Å². The third-order valence-corrected chi connectivity index (χ3v) is 6.21. The van der Waals surface area contributed by atoms with Gasteiger partial charge in [-0.25, -0.2) is 9.97 Å². The molecule has 0 spiro atoms. The summed E-state index contributed by atoms with van der Waals surface area (Å²) in [7, 11) is 0. The van der Waals surface area contributed by atoms with Crippen LogP contribution in [0.5, 0.6) is 11.8 Å². The van der Waals surface area contributed by atoms with Gasteiger partial charge in [0.1, 0.15) is 12.7 Å². The van der Waals surface area contributed by atoms with Gasteiger partial charge in [0.15, 0.2) is 5.75 Å². The number of hydrogen-bond acceptors (Lipinski definition) is 7. The quantitative estimate of drug-likeness (QED) is 0.410. The normalized spacial score (nSPS) is 21.8. The van der Waals surface area contributed by atoms with Crippen molar-refractivity contribution in [3.8, 4) is 22.9 Å². The molecule has 3 aromatic rings. The lowest BCUT2D eigenvalue weighted by Crippen LogP contribution is -2.52. The Bertz CT molecular complexity index is 1080. The summed E-state index contributed by atoms with van der Waals surface area (Å²) in [6.07, 6.45) is 5.74. The van der Waals surface area contributed by atoms with Gasteiger partial charge in [-0.2, -0.15) is 0 Å². The predicted octanol–water partition coefficient (Wildman–Crippen LogP) is 4.10. The number of rotatable bonds is 7. The Morgan fingerprint density at radius 1 is 1.03 bits per heavy atom. The molecular weight excluding hydrogens is 408 g/mol. The summed E-state index contributed by atoms with van der Waals surface area (Å²) in [5.41, 5.74) is 2.19. The Morgan fingerprint density at radius 3 is 2.44 bits per heavy atom. The zero-order valence-corrected chi connectivity index (χ0v) is 17.6. The topological polar surface area (TPSA) is 90.6 Å². The van der Waals surface area contributed by atoms with Crippen LogP contribution in [0.2, 0.25) is 0 Å². The van der Waals surface area contributed by atoms with Crippen molar-refractivity contribution < 1.29 is 14.4 Å². The maximum atomic E-state index is 11.6. The molecule has 1 atom stereocenters. The van der Waals surface area contributed by atoms with Gasteiger partial charge in [0, 0.05) is 30.6 Å². The van der Waals surface area contributed by atoms with Crippen LogP contribution in [0.1, 0.15) is 18.4 Å². The van der Waals surface area contributed by atoms with Crippen molar-refractivity contribution in [3.63, 3.8) is 0 Å². The first kappa shape index (κ1) is 20.4. The number of nitro benzene ring substituents is 1. The highest BCUT2D eigenvalue weighted by Gasteiger charge is 2.36. The molecule has 1 aromatic heterocycles. The highest BCUT2D eigenvalue weighted by molar-refractivity contribution is 5.67. The van der Waals surface area contributed by atoms with Crippen LogP contribution in [0.15, 0.2) is 60.9 Å². The molecule has 6 rings (SSSR count). The van der Waals surface area contributed by atoms with Crippen molar-refractivity contribution in [2.75, 3.05) is 19.6 Å². The summed E-state index contributed by atoms with van der Waals surface area (Å²) < 4.78 is 11.7. The minimum atomic E-state index is -0.435. The smallest absolute Gasteiger partial charge is 0.316 e. The zero-order valence-electron chi connectivity index (χ0n) is 17.6. The molecule has 0 radical (unpaired) electrons.